The molecule has 2 unspecified atom stereocenters. The molecular weight excluding hydrogens is 686 g/mol. The second-order valence-electron chi connectivity index (χ2n) is 14.2. The summed E-state index contributed by atoms with van der Waals surface area (Å²) in [6.07, 6.45) is 9.50. The Morgan fingerprint density at radius 2 is 1.69 bits per heavy atom. The summed E-state index contributed by atoms with van der Waals surface area (Å²) < 4.78 is 0. The molecule has 0 spiro atoms. The average molecular weight is 737 g/mol. The van der Waals surface area contributed by atoms with E-state index in [1.165, 1.54) is 28.0 Å². The van der Waals surface area contributed by atoms with Crippen LogP contribution in [0.15, 0.2) is 64.8 Å². The quantitative estimate of drug-likeness (QED) is 0.218. The van der Waals surface area contributed by atoms with Crippen LogP contribution in [0.4, 0.5) is 0 Å². The van der Waals surface area contributed by atoms with E-state index in [1.54, 1.807) is 6.92 Å². The molecule has 3 saturated heterocycles. The summed E-state index contributed by atoms with van der Waals surface area (Å²) in [7, 11) is 0. The minimum absolute atomic E-state index is 0.138. The molecule has 0 aromatic heterocycles. The topological polar surface area (TPSA) is 59.5 Å². The van der Waals surface area contributed by atoms with Gasteiger partial charge < -0.3 is 9.80 Å². The summed E-state index contributed by atoms with van der Waals surface area (Å²) in [5.41, 5.74) is 6.53. The van der Waals surface area contributed by atoms with Crippen molar-refractivity contribution < 1.29 is 9.59 Å². The zero-order valence-electron chi connectivity index (χ0n) is 28.6. The van der Waals surface area contributed by atoms with E-state index in [9.17, 15) is 9.59 Å². The van der Waals surface area contributed by atoms with Gasteiger partial charge in [0.2, 0.25) is 11.8 Å². The number of carbonyl (C=O) groups excluding carboxylic acids is 2. The first-order chi connectivity index (χ1) is 23.3. The monoisotopic (exact) mass is 735 g/mol. The molecule has 1 aliphatic carbocycles. The molecule has 2 aromatic carbocycles. The summed E-state index contributed by atoms with van der Waals surface area (Å²) in [4.78, 5) is 40.2. The Hall–Kier alpha value is -2.52. The number of fused-ring (bicyclic) bond motifs is 1. The maximum atomic E-state index is 13.9. The molecule has 2 atom stereocenters. The van der Waals surface area contributed by atoms with Crippen LogP contribution in [-0.4, -0.2) is 101 Å². The molecule has 6 rings (SSSR count). The van der Waals surface area contributed by atoms with E-state index in [1.807, 2.05) is 17.2 Å². The van der Waals surface area contributed by atoms with Crippen molar-refractivity contribution in [2.24, 2.45) is 10.9 Å². The minimum Gasteiger partial charge on any atom is -0.343 e. The van der Waals surface area contributed by atoms with Gasteiger partial charge in [0.1, 0.15) is 0 Å². The predicted octanol–water partition coefficient (Wildman–Crippen LogP) is 6.94. The van der Waals surface area contributed by atoms with Crippen LogP contribution in [0.1, 0.15) is 75.1 Å². The van der Waals surface area contributed by atoms with Crippen LogP contribution < -0.4 is 0 Å². The van der Waals surface area contributed by atoms with E-state index >= 15 is 0 Å². The summed E-state index contributed by atoms with van der Waals surface area (Å²) >= 11 is 10.0. The van der Waals surface area contributed by atoms with Gasteiger partial charge >= 0.3 is 0 Å². The van der Waals surface area contributed by atoms with Gasteiger partial charge in [0.25, 0.3) is 0 Å². The molecule has 4 aliphatic rings. The van der Waals surface area contributed by atoms with Gasteiger partial charge in [0.05, 0.1) is 11.7 Å². The molecule has 3 fully saturated rings. The number of nitrogens with zero attached hydrogens (tertiary/aromatic N) is 5. The van der Waals surface area contributed by atoms with Gasteiger partial charge in [-0.15, -0.1) is 0 Å². The number of rotatable bonds is 8. The smallest absolute Gasteiger partial charge is 0.223 e. The normalized spacial score (nSPS) is 23.8. The highest BCUT2D eigenvalue weighted by Crippen LogP contribution is 2.40. The van der Waals surface area contributed by atoms with E-state index in [-0.39, 0.29) is 23.9 Å². The molecule has 2 aromatic rings. The molecule has 3 heterocycles. The first-order valence-corrected chi connectivity index (χ1v) is 19.4. The molecule has 0 saturated carbocycles. The van der Waals surface area contributed by atoms with Gasteiger partial charge in [0.15, 0.2) is 0 Å². The number of aryl methyl sites for hydroxylation is 1. The zero-order chi connectivity index (χ0) is 33.6. The molecule has 48 heavy (non-hydrogen) atoms. The third-order valence-corrected chi connectivity index (χ3v) is 11.7. The van der Waals surface area contributed by atoms with Gasteiger partial charge in [-0.1, -0.05) is 63.9 Å². The van der Waals surface area contributed by atoms with Crippen molar-refractivity contribution in [2.75, 3.05) is 51.1 Å². The number of piperidine rings is 2. The fraction of sp³-hybridized carbons (Fsp3) is 0.564. The number of allylic oxidation sites excluding steroid dienone is 1. The van der Waals surface area contributed by atoms with E-state index in [4.69, 9.17) is 16.6 Å². The highest BCUT2D eigenvalue weighted by molar-refractivity contribution is 9.09. The lowest BCUT2D eigenvalue weighted by atomic mass is 9.91. The zero-order valence-corrected chi connectivity index (χ0v) is 31.0. The van der Waals surface area contributed by atoms with Crippen LogP contribution in [0.25, 0.3) is 0 Å². The van der Waals surface area contributed by atoms with Crippen molar-refractivity contribution in [1.82, 2.24) is 19.6 Å². The van der Waals surface area contributed by atoms with E-state index in [0.29, 0.717) is 18.4 Å². The van der Waals surface area contributed by atoms with Gasteiger partial charge in [0, 0.05) is 87.8 Å². The van der Waals surface area contributed by atoms with Crippen molar-refractivity contribution in [3.63, 3.8) is 0 Å². The number of halogens is 2. The number of aliphatic imine (C=N–C) groups is 1. The number of hydrogen-bond donors (Lipinski definition) is 0. The fourth-order valence-corrected chi connectivity index (χ4v) is 8.84. The number of carbonyl (C=O) groups is 2. The van der Waals surface area contributed by atoms with Crippen LogP contribution in [0.3, 0.4) is 0 Å². The van der Waals surface area contributed by atoms with Crippen molar-refractivity contribution in [2.45, 2.75) is 83.3 Å². The van der Waals surface area contributed by atoms with Crippen LogP contribution in [0, 0.1) is 5.92 Å². The molecule has 0 bridgehead atoms. The third-order valence-electron chi connectivity index (χ3n) is 11.2. The Morgan fingerprint density at radius 3 is 2.40 bits per heavy atom. The Labute approximate surface area is 300 Å². The van der Waals surface area contributed by atoms with Gasteiger partial charge in [-0.25, -0.2) is 0 Å². The number of likely N-dealkylation sites (tertiary alicyclic amines) is 2. The number of hydrogen-bond acceptors (Lipinski definition) is 5. The highest BCUT2D eigenvalue weighted by Gasteiger charge is 2.38. The van der Waals surface area contributed by atoms with Crippen LogP contribution in [0.5, 0.6) is 0 Å². The van der Waals surface area contributed by atoms with Crippen LogP contribution >= 0.6 is 27.5 Å². The number of alkyl halides is 1. The van der Waals surface area contributed by atoms with Gasteiger partial charge in [-0.2, -0.15) is 0 Å². The average Bonchev–Trinajstić information content (AvgIpc) is 3.23. The first kappa shape index (κ1) is 35.3. The van der Waals surface area contributed by atoms with Gasteiger partial charge in [-0.3, -0.25) is 24.4 Å². The standard InChI is InChI=1S/C39H51BrClN5O2/c1-28-8-9-32-26-33(41)10-11-36(32)39(38(28)42-17-16-40)44-20-14-34(15-21-44)45-22-23-46(35(27-45)24-30-6-4-3-5-7-30)37(48)25-31-12-18-43(19-13-31)29(2)47/h3-7,10-11,17,26,31,34-35,39H,8-9,12-16,18-25,27H2,1-2H3. The molecule has 3 aliphatic heterocycles. The molecule has 2 amide bonds. The Balaban J connectivity index is 1.14. The number of amides is 2. The summed E-state index contributed by atoms with van der Waals surface area (Å²) in [6.45, 7) is 10.1. The van der Waals surface area contributed by atoms with Crippen molar-refractivity contribution >= 4 is 45.6 Å². The Bertz CT molecular complexity index is 1480. The van der Waals surface area contributed by atoms with Crippen LogP contribution in [0.2, 0.25) is 5.02 Å². The Morgan fingerprint density at radius 1 is 0.938 bits per heavy atom. The van der Waals surface area contributed by atoms with Crippen molar-refractivity contribution in [3.8, 4) is 0 Å². The van der Waals surface area contributed by atoms with Gasteiger partial charge in [-0.05, 0) is 92.2 Å². The third kappa shape index (κ3) is 8.43. The Kier molecular flexibility index (Phi) is 12.1. The van der Waals surface area contributed by atoms with E-state index in [2.05, 4.69) is 80.0 Å². The van der Waals surface area contributed by atoms with Crippen molar-refractivity contribution in [1.29, 1.82) is 0 Å². The molecule has 0 radical (unpaired) electrons. The second-order valence-corrected chi connectivity index (χ2v) is 15.3. The maximum Gasteiger partial charge on any atom is 0.223 e. The second kappa shape index (κ2) is 16.5. The first-order valence-electron chi connectivity index (χ1n) is 17.9. The predicted molar refractivity (Wildman–Crippen MR) is 199 cm³/mol. The largest absolute Gasteiger partial charge is 0.343 e. The lowest BCUT2D eigenvalue weighted by molar-refractivity contribution is -0.138. The summed E-state index contributed by atoms with van der Waals surface area (Å²) in [5.74, 6) is 0.792. The number of benzene rings is 2. The SMILES string of the molecule is CC(=O)N1CCC(CC(=O)N2CCN(C3CCN(C4C(N=CCBr)=C(C)CCc5cc(Cl)ccc54)CC3)CC2Cc2ccccc2)CC1. The molecule has 7 nitrogen and oxygen atoms in total. The molecular formula is C39H51BrClN5O2. The van der Waals surface area contributed by atoms with E-state index in [0.717, 1.165) is 101 Å². The summed E-state index contributed by atoms with van der Waals surface area (Å²) in [6, 6.07) is 17.9. The number of piperazine rings is 1. The lowest BCUT2D eigenvalue weighted by Gasteiger charge is -2.48. The van der Waals surface area contributed by atoms with E-state index < -0.39 is 0 Å². The molecule has 9 heteroatoms. The van der Waals surface area contributed by atoms with Crippen LogP contribution in [-0.2, 0) is 22.4 Å². The highest BCUT2D eigenvalue weighted by atomic mass is 79.9. The molecule has 258 valence electrons. The fourth-order valence-electron chi connectivity index (χ4n) is 8.50. The summed E-state index contributed by atoms with van der Waals surface area (Å²) in [5, 5.41) is 1.54. The van der Waals surface area contributed by atoms with Crippen molar-refractivity contribution in [3.05, 3.63) is 81.5 Å². The lowest BCUT2D eigenvalue weighted by Crippen LogP contribution is -2.59. The maximum absolute atomic E-state index is 13.9. The molecule has 0 N–H and O–H groups in total. The minimum atomic E-state index is 0.138.